The Labute approximate surface area is 155 Å². The van der Waals surface area contributed by atoms with E-state index in [0.717, 1.165) is 22.3 Å². The number of aromatic nitrogens is 1. The first-order valence-electron chi connectivity index (χ1n) is 9.19. The van der Waals surface area contributed by atoms with Gasteiger partial charge in [-0.05, 0) is 29.3 Å². The van der Waals surface area contributed by atoms with Crippen molar-refractivity contribution in [3.63, 3.8) is 0 Å². The van der Waals surface area contributed by atoms with Crippen molar-refractivity contribution < 1.29 is 5.11 Å². The molecule has 0 amide bonds. The molecule has 0 spiro atoms. The van der Waals surface area contributed by atoms with Crippen molar-refractivity contribution in [2.45, 2.75) is 19.8 Å². The van der Waals surface area contributed by atoms with E-state index in [4.69, 9.17) is 0 Å². The third-order valence-electron chi connectivity index (χ3n) is 4.54. The Morgan fingerprint density at radius 1 is 0.769 bits per heavy atom. The summed E-state index contributed by atoms with van der Waals surface area (Å²) >= 11 is 0. The lowest BCUT2D eigenvalue weighted by atomic mass is 9.92. The number of hydrogen-bond donors (Lipinski definition) is 1. The van der Waals surface area contributed by atoms with Gasteiger partial charge in [0.05, 0.1) is 12.1 Å². The number of fused-ring (bicyclic) bond motifs is 1. The molecule has 0 radical (unpaired) electrons. The van der Waals surface area contributed by atoms with E-state index in [2.05, 4.69) is 59.3 Å². The monoisotopic (exact) mass is 343 g/mol. The largest absolute Gasteiger partial charge is 0.395 e. The van der Waals surface area contributed by atoms with E-state index in [-0.39, 0.29) is 12.5 Å². The van der Waals surface area contributed by atoms with Gasteiger partial charge in [-0.3, -0.25) is 0 Å². The van der Waals surface area contributed by atoms with Crippen LogP contribution < -0.4 is 0 Å². The molecule has 132 valence electrons. The van der Waals surface area contributed by atoms with Gasteiger partial charge < -0.3 is 9.67 Å². The van der Waals surface area contributed by atoms with E-state index in [1.165, 1.54) is 5.39 Å². The van der Waals surface area contributed by atoms with E-state index < -0.39 is 0 Å². The minimum Gasteiger partial charge on any atom is -0.395 e. The molecule has 0 aliphatic carbocycles. The Kier molecular flexibility index (Phi) is 5.88. The minimum atomic E-state index is -0.0268. The fraction of sp³-hybridized carbons (Fsp3) is 0.167. The van der Waals surface area contributed by atoms with E-state index >= 15 is 0 Å². The molecule has 1 N–H and O–H groups in total. The molecule has 1 aromatic heterocycles. The lowest BCUT2D eigenvalue weighted by molar-refractivity contribution is 0.281. The summed E-state index contributed by atoms with van der Waals surface area (Å²) in [5.74, 6) is -0.0268. The lowest BCUT2D eigenvalue weighted by Crippen LogP contribution is -2.05. The van der Waals surface area contributed by atoms with Crippen molar-refractivity contribution in [3.05, 3.63) is 102 Å². The van der Waals surface area contributed by atoms with E-state index in [1.807, 2.05) is 50.2 Å². The van der Waals surface area contributed by atoms with Gasteiger partial charge >= 0.3 is 0 Å². The third-order valence-corrected chi connectivity index (χ3v) is 4.54. The Balaban J connectivity index is 0.000000948. The van der Waals surface area contributed by atoms with Crippen LogP contribution in [0.4, 0.5) is 0 Å². The predicted molar refractivity (Wildman–Crippen MR) is 110 cm³/mol. The summed E-state index contributed by atoms with van der Waals surface area (Å²) in [4.78, 5) is 0. The Morgan fingerprint density at radius 2 is 1.35 bits per heavy atom. The zero-order chi connectivity index (χ0) is 18.4. The molecule has 0 fully saturated rings. The van der Waals surface area contributed by atoms with Gasteiger partial charge in [-0.1, -0.05) is 80.6 Å². The molecule has 0 aliphatic rings. The van der Waals surface area contributed by atoms with Crippen LogP contribution in [0.15, 0.2) is 91.1 Å². The van der Waals surface area contributed by atoms with Gasteiger partial charge in [0.2, 0.25) is 0 Å². The van der Waals surface area contributed by atoms with E-state index in [1.54, 1.807) is 0 Å². The highest BCUT2D eigenvalue weighted by Crippen LogP contribution is 2.33. The number of aliphatic hydroxyl groups excluding tert-OH is 1. The van der Waals surface area contributed by atoms with Gasteiger partial charge in [-0.2, -0.15) is 0 Å². The average molecular weight is 343 g/mol. The highest BCUT2D eigenvalue weighted by molar-refractivity contribution is 5.86. The Hall–Kier alpha value is -2.84. The van der Waals surface area contributed by atoms with Crippen molar-refractivity contribution in [2.24, 2.45) is 0 Å². The van der Waals surface area contributed by atoms with Crippen molar-refractivity contribution in [1.82, 2.24) is 4.57 Å². The second kappa shape index (κ2) is 8.50. The van der Waals surface area contributed by atoms with Crippen LogP contribution >= 0.6 is 0 Å². The number of aliphatic hydroxyl groups is 1. The van der Waals surface area contributed by atoms with Crippen LogP contribution in [0.5, 0.6) is 0 Å². The number of hydrogen-bond acceptors (Lipinski definition) is 1. The summed E-state index contributed by atoms with van der Waals surface area (Å²) in [5, 5.41) is 11.2. The standard InChI is InChI=1S/C22H19NO.C2H6/c24-16-21(17-9-3-1-4-10-17)20-15-23(18-11-5-2-6-12-18)22-14-8-7-13-19(20)22;1-2/h1-15,21,24H,16H2;1-2H3. The highest BCUT2D eigenvalue weighted by atomic mass is 16.3. The second-order valence-corrected chi connectivity index (χ2v) is 5.95. The topological polar surface area (TPSA) is 25.2 Å². The predicted octanol–water partition coefficient (Wildman–Crippen LogP) is 5.78. The fourth-order valence-electron chi connectivity index (χ4n) is 3.35. The van der Waals surface area contributed by atoms with Gasteiger partial charge in [0, 0.05) is 23.2 Å². The van der Waals surface area contributed by atoms with Gasteiger partial charge in [0.25, 0.3) is 0 Å². The molecule has 1 atom stereocenters. The molecule has 2 heteroatoms. The molecule has 1 unspecified atom stereocenters. The zero-order valence-corrected chi connectivity index (χ0v) is 15.3. The van der Waals surface area contributed by atoms with Crippen LogP contribution in [0.2, 0.25) is 0 Å². The molecule has 26 heavy (non-hydrogen) atoms. The summed E-state index contributed by atoms with van der Waals surface area (Å²) in [6, 6.07) is 28.9. The molecule has 0 bridgehead atoms. The van der Waals surface area contributed by atoms with E-state index in [9.17, 15) is 5.11 Å². The molecule has 0 saturated carbocycles. The third kappa shape index (κ3) is 3.42. The minimum absolute atomic E-state index is 0.0268. The molecule has 0 saturated heterocycles. The summed E-state index contributed by atoms with van der Waals surface area (Å²) in [7, 11) is 0. The van der Waals surface area contributed by atoms with Crippen LogP contribution in [0.25, 0.3) is 16.6 Å². The molecule has 1 heterocycles. The summed E-state index contributed by atoms with van der Waals surface area (Å²) in [6.07, 6.45) is 2.16. The molecular weight excluding hydrogens is 318 g/mol. The van der Waals surface area contributed by atoms with Crippen molar-refractivity contribution >= 4 is 10.9 Å². The fourth-order valence-corrected chi connectivity index (χ4v) is 3.35. The average Bonchev–Trinajstić information content (AvgIpc) is 3.11. The Morgan fingerprint density at radius 3 is 2.00 bits per heavy atom. The smallest absolute Gasteiger partial charge is 0.0541 e. The lowest BCUT2D eigenvalue weighted by Gasteiger charge is -2.14. The Bertz CT molecular complexity index is 942. The number of rotatable bonds is 4. The number of benzene rings is 3. The first-order chi connectivity index (χ1) is 12.9. The molecule has 2 nitrogen and oxygen atoms in total. The van der Waals surface area contributed by atoms with Gasteiger partial charge in [-0.25, -0.2) is 0 Å². The second-order valence-electron chi connectivity index (χ2n) is 5.95. The van der Waals surface area contributed by atoms with Crippen LogP contribution in [0.3, 0.4) is 0 Å². The maximum absolute atomic E-state index is 10.1. The molecule has 4 aromatic rings. The molecule has 0 aliphatic heterocycles. The van der Waals surface area contributed by atoms with Crippen molar-refractivity contribution in [1.29, 1.82) is 0 Å². The van der Waals surface area contributed by atoms with Crippen LogP contribution in [-0.2, 0) is 0 Å². The quantitative estimate of drug-likeness (QED) is 0.499. The number of para-hydroxylation sites is 2. The van der Waals surface area contributed by atoms with Crippen LogP contribution in [0.1, 0.15) is 30.9 Å². The normalized spacial score (nSPS) is 11.7. The van der Waals surface area contributed by atoms with Gasteiger partial charge in [0.1, 0.15) is 0 Å². The molecular formula is C24H25NO. The van der Waals surface area contributed by atoms with Crippen LogP contribution in [0, 0.1) is 0 Å². The van der Waals surface area contributed by atoms with Crippen molar-refractivity contribution in [3.8, 4) is 5.69 Å². The molecule has 4 rings (SSSR count). The maximum Gasteiger partial charge on any atom is 0.0541 e. The highest BCUT2D eigenvalue weighted by Gasteiger charge is 2.19. The first-order valence-corrected chi connectivity index (χ1v) is 9.19. The summed E-state index contributed by atoms with van der Waals surface area (Å²) in [6.45, 7) is 4.09. The van der Waals surface area contributed by atoms with E-state index in [0.29, 0.717) is 0 Å². The van der Waals surface area contributed by atoms with Gasteiger partial charge in [-0.15, -0.1) is 0 Å². The van der Waals surface area contributed by atoms with Crippen LogP contribution in [-0.4, -0.2) is 16.3 Å². The first kappa shape index (κ1) is 18.0. The number of nitrogens with zero attached hydrogens (tertiary/aromatic N) is 1. The van der Waals surface area contributed by atoms with Gasteiger partial charge in [0.15, 0.2) is 0 Å². The zero-order valence-electron chi connectivity index (χ0n) is 15.3. The molecule has 3 aromatic carbocycles. The van der Waals surface area contributed by atoms with Crippen molar-refractivity contribution in [2.75, 3.05) is 6.61 Å². The SMILES string of the molecule is CC.OCC(c1ccccc1)c1cn(-c2ccccc2)c2ccccc12. The summed E-state index contributed by atoms with van der Waals surface area (Å²) < 4.78 is 2.20. The summed E-state index contributed by atoms with van der Waals surface area (Å²) in [5.41, 5.74) is 4.58. The maximum atomic E-state index is 10.1.